The van der Waals surface area contributed by atoms with Crippen LogP contribution >= 0.6 is 23.2 Å². The van der Waals surface area contributed by atoms with E-state index in [1.807, 2.05) is 0 Å². The number of hydrogen-bond donors (Lipinski definition) is 0. The van der Waals surface area contributed by atoms with Gasteiger partial charge in [0.1, 0.15) is 5.75 Å². The molecule has 0 radical (unpaired) electrons. The summed E-state index contributed by atoms with van der Waals surface area (Å²) in [5, 5.41) is 0.285. The number of benzene rings is 1. The second-order valence-corrected chi connectivity index (χ2v) is 4.69. The van der Waals surface area contributed by atoms with Crippen LogP contribution in [0.5, 0.6) is 5.75 Å². The zero-order valence-electron chi connectivity index (χ0n) is 9.45. The summed E-state index contributed by atoms with van der Waals surface area (Å²) >= 11 is 11.9. The van der Waals surface area contributed by atoms with E-state index in [1.54, 1.807) is 20.8 Å². The minimum Gasteiger partial charge on any atom is -0.404 e. The number of aryl methyl sites for hydroxylation is 1. The van der Waals surface area contributed by atoms with Gasteiger partial charge in [0, 0.05) is 5.02 Å². The predicted molar refractivity (Wildman–Crippen MR) is 62.0 cm³/mol. The Kier molecular flexibility index (Phi) is 4.20. The Morgan fingerprint density at radius 3 is 2.12 bits per heavy atom. The molecule has 0 aliphatic heterocycles. The van der Waals surface area contributed by atoms with Gasteiger partial charge >= 0.3 is 6.36 Å². The molecule has 0 saturated heterocycles. The lowest BCUT2D eigenvalue weighted by Gasteiger charge is -2.18. The maximum absolute atomic E-state index is 12.2. The van der Waals surface area contributed by atoms with E-state index in [-0.39, 0.29) is 10.9 Å². The molecule has 0 atom stereocenters. The van der Waals surface area contributed by atoms with Gasteiger partial charge in [0.25, 0.3) is 0 Å². The molecule has 0 amide bonds. The number of rotatable bonds is 2. The second-order valence-electron chi connectivity index (χ2n) is 3.94. The highest BCUT2D eigenvalue weighted by molar-refractivity contribution is 6.37. The van der Waals surface area contributed by atoms with E-state index in [2.05, 4.69) is 4.74 Å². The molecular formula is C11H11Cl2F3O. The van der Waals surface area contributed by atoms with Gasteiger partial charge in [0.15, 0.2) is 0 Å². The van der Waals surface area contributed by atoms with Crippen LogP contribution in [0.1, 0.15) is 30.9 Å². The first-order valence-electron chi connectivity index (χ1n) is 4.87. The zero-order valence-corrected chi connectivity index (χ0v) is 11.0. The molecule has 17 heavy (non-hydrogen) atoms. The van der Waals surface area contributed by atoms with Crippen molar-refractivity contribution in [2.45, 2.75) is 33.1 Å². The Labute approximate surface area is 107 Å². The molecule has 0 fully saturated rings. The normalized spacial score (nSPS) is 12.1. The number of alkyl halides is 3. The zero-order chi connectivity index (χ0) is 13.4. The van der Waals surface area contributed by atoms with Gasteiger partial charge in [-0.05, 0) is 30.0 Å². The first-order valence-corrected chi connectivity index (χ1v) is 5.63. The average molecular weight is 287 g/mol. The van der Waals surface area contributed by atoms with Crippen molar-refractivity contribution >= 4 is 23.2 Å². The maximum Gasteiger partial charge on any atom is 0.573 e. The van der Waals surface area contributed by atoms with E-state index in [0.29, 0.717) is 16.1 Å². The van der Waals surface area contributed by atoms with Crippen LogP contribution in [-0.4, -0.2) is 6.36 Å². The molecule has 0 N–H and O–H groups in total. The molecule has 0 aliphatic rings. The fraction of sp³-hybridized carbons (Fsp3) is 0.455. The van der Waals surface area contributed by atoms with Crippen molar-refractivity contribution < 1.29 is 17.9 Å². The molecule has 1 nitrogen and oxygen atoms in total. The minimum absolute atomic E-state index is 0.0899. The highest BCUT2D eigenvalue weighted by Crippen LogP contribution is 2.41. The average Bonchev–Trinajstić information content (AvgIpc) is 2.11. The van der Waals surface area contributed by atoms with Crippen molar-refractivity contribution in [3.05, 3.63) is 27.2 Å². The van der Waals surface area contributed by atoms with E-state index < -0.39 is 12.1 Å². The molecule has 1 rings (SSSR count). The Hall–Kier alpha value is -0.610. The van der Waals surface area contributed by atoms with Crippen molar-refractivity contribution in [1.29, 1.82) is 0 Å². The highest BCUT2D eigenvalue weighted by Gasteiger charge is 2.33. The smallest absolute Gasteiger partial charge is 0.404 e. The summed E-state index contributed by atoms with van der Waals surface area (Å²) in [6, 6.07) is 1.18. The first-order chi connectivity index (χ1) is 7.63. The van der Waals surface area contributed by atoms with Crippen LogP contribution in [0, 0.1) is 6.92 Å². The van der Waals surface area contributed by atoms with E-state index in [0.717, 1.165) is 0 Å². The van der Waals surface area contributed by atoms with Crippen LogP contribution in [0.3, 0.4) is 0 Å². The molecule has 6 heteroatoms. The summed E-state index contributed by atoms with van der Waals surface area (Å²) in [4.78, 5) is 0. The quantitative estimate of drug-likeness (QED) is 0.715. The van der Waals surface area contributed by atoms with Gasteiger partial charge in [0.05, 0.1) is 5.02 Å². The number of hydrogen-bond acceptors (Lipinski definition) is 1. The third kappa shape index (κ3) is 3.42. The van der Waals surface area contributed by atoms with E-state index in [1.165, 1.54) is 6.07 Å². The molecule has 1 aromatic carbocycles. The Balaban J connectivity index is 3.34. The van der Waals surface area contributed by atoms with Crippen molar-refractivity contribution in [1.82, 2.24) is 0 Å². The van der Waals surface area contributed by atoms with Gasteiger partial charge in [-0.3, -0.25) is 0 Å². The molecule has 0 unspecified atom stereocenters. The lowest BCUT2D eigenvalue weighted by Crippen LogP contribution is -2.18. The molecule has 0 saturated carbocycles. The summed E-state index contributed by atoms with van der Waals surface area (Å²) < 4.78 is 40.4. The van der Waals surface area contributed by atoms with Gasteiger partial charge in [-0.2, -0.15) is 0 Å². The van der Waals surface area contributed by atoms with Crippen molar-refractivity contribution in [2.24, 2.45) is 0 Å². The Morgan fingerprint density at radius 1 is 1.18 bits per heavy atom. The summed E-state index contributed by atoms with van der Waals surface area (Å²) in [6.07, 6.45) is -4.77. The maximum atomic E-state index is 12.2. The second kappa shape index (κ2) is 4.94. The van der Waals surface area contributed by atoms with Gasteiger partial charge in [-0.15, -0.1) is 13.2 Å². The molecule has 0 bridgehead atoms. The monoisotopic (exact) mass is 286 g/mol. The van der Waals surface area contributed by atoms with Gasteiger partial charge < -0.3 is 4.74 Å². The fourth-order valence-corrected chi connectivity index (χ4v) is 2.29. The van der Waals surface area contributed by atoms with Crippen LogP contribution in [0.25, 0.3) is 0 Å². The molecular weight excluding hydrogens is 276 g/mol. The Morgan fingerprint density at radius 2 is 1.71 bits per heavy atom. The van der Waals surface area contributed by atoms with E-state index in [9.17, 15) is 13.2 Å². The van der Waals surface area contributed by atoms with E-state index in [4.69, 9.17) is 23.2 Å². The largest absolute Gasteiger partial charge is 0.573 e. The molecule has 1 aromatic rings. The molecule has 0 heterocycles. The highest BCUT2D eigenvalue weighted by atomic mass is 35.5. The summed E-state index contributed by atoms with van der Waals surface area (Å²) in [5.74, 6) is -0.504. The standard InChI is InChI=1S/C11H11Cl2F3O/c1-5(2)8-9(12)6(3)4-7(10(8)13)17-11(14,15)16/h4-5H,1-3H3. The van der Waals surface area contributed by atoms with Gasteiger partial charge in [-0.1, -0.05) is 37.0 Å². The Bertz CT molecular complexity index is 428. The van der Waals surface area contributed by atoms with Crippen molar-refractivity contribution in [2.75, 3.05) is 0 Å². The fourth-order valence-electron chi connectivity index (χ4n) is 1.47. The number of ether oxygens (including phenoxy) is 1. The first kappa shape index (κ1) is 14.5. The third-order valence-corrected chi connectivity index (χ3v) is 3.08. The topological polar surface area (TPSA) is 9.23 Å². The summed E-state index contributed by atoms with van der Waals surface area (Å²) in [6.45, 7) is 5.20. The van der Waals surface area contributed by atoms with Crippen LogP contribution in [0.2, 0.25) is 10.0 Å². The van der Waals surface area contributed by atoms with Gasteiger partial charge in [-0.25, -0.2) is 0 Å². The SMILES string of the molecule is Cc1cc(OC(F)(F)F)c(Cl)c(C(C)C)c1Cl. The third-order valence-electron chi connectivity index (χ3n) is 2.19. The van der Waals surface area contributed by atoms with E-state index >= 15 is 0 Å². The van der Waals surface area contributed by atoms with Crippen molar-refractivity contribution in [3.8, 4) is 5.75 Å². The van der Waals surface area contributed by atoms with Crippen LogP contribution in [-0.2, 0) is 0 Å². The van der Waals surface area contributed by atoms with Crippen LogP contribution in [0.4, 0.5) is 13.2 Å². The summed E-state index contributed by atoms with van der Waals surface area (Å²) in [7, 11) is 0. The molecule has 0 spiro atoms. The van der Waals surface area contributed by atoms with Gasteiger partial charge in [0.2, 0.25) is 0 Å². The predicted octanol–water partition coefficient (Wildman–Crippen LogP) is 5.32. The van der Waals surface area contributed by atoms with Crippen LogP contribution < -0.4 is 4.74 Å². The molecule has 96 valence electrons. The number of halogens is 5. The lowest BCUT2D eigenvalue weighted by atomic mass is 10.0. The summed E-state index contributed by atoms with van der Waals surface area (Å²) in [5.41, 5.74) is 0.964. The molecule has 0 aliphatic carbocycles. The molecule has 0 aromatic heterocycles. The minimum atomic E-state index is -4.77. The van der Waals surface area contributed by atoms with Crippen LogP contribution in [0.15, 0.2) is 6.07 Å². The van der Waals surface area contributed by atoms with Crippen molar-refractivity contribution in [3.63, 3.8) is 0 Å². The lowest BCUT2D eigenvalue weighted by molar-refractivity contribution is -0.274.